The molecule has 1 aliphatic heterocycles. The maximum Gasteiger partial charge on any atom is 0.328 e. The van der Waals surface area contributed by atoms with Gasteiger partial charge in [-0.3, -0.25) is 19.0 Å². The third kappa shape index (κ3) is 3.41. The molecule has 1 aromatic heterocycles. The highest BCUT2D eigenvalue weighted by molar-refractivity contribution is 5.93. The van der Waals surface area contributed by atoms with Crippen molar-refractivity contribution in [2.45, 2.75) is 6.54 Å². The number of halogens is 1. The SMILES string of the molecule is O=CN1CCN(C(=O)c2c[nH]c(=O)n(Cc3ccccc3F)c2=O)CC1. The Morgan fingerprint density at radius 3 is 2.50 bits per heavy atom. The third-order valence-corrected chi connectivity index (χ3v) is 4.33. The lowest BCUT2D eigenvalue weighted by molar-refractivity contribution is -0.119. The van der Waals surface area contributed by atoms with Crippen LogP contribution < -0.4 is 11.2 Å². The Kier molecular flexibility index (Phi) is 4.97. The van der Waals surface area contributed by atoms with Gasteiger partial charge in [0.05, 0.1) is 6.54 Å². The van der Waals surface area contributed by atoms with Crippen LogP contribution in [0, 0.1) is 5.82 Å². The van der Waals surface area contributed by atoms with Crippen LogP contribution in [0.2, 0.25) is 0 Å². The molecule has 0 unspecified atom stereocenters. The number of aromatic amines is 1. The van der Waals surface area contributed by atoms with Gasteiger partial charge in [0.25, 0.3) is 11.5 Å². The first-order valence-corrected chi connectivity index (χ1v) is 8.06. The van der Waals surface area contributed by atoms with Crippen molar-refractivity contribution < 1.29 is 14.0 Å². The van der Waals surface area contributed by atoms with Gasteiger partial charge in [-0.05, 0) is 6.07 Å². The first-order chi connectivity index (χ1) is 12.5. The van der Waals surface area contributed by atoms with Gasteiger partial charge in [0.1, 0.15) is 11.4 Å². The van der Waals surface area contributed by atoms with Crippen molar-refractivity contribution >= 4 is 12.3 Å². The third-order valence-electron chi connectivity index (χ3n) is 4.33. The summed E-state index contributed by atoms with van der Waals surface area (Å²) in [7, 11) is 0. The van der Waals surface area contributed by atoms with Crippen LogP contribution in [-0.4, -0.2) is 57.8 Å². The minimum Gasteiger partial charge on any atom is -0.342 e. The largest absolute Gasteiger partial charge is 0.342 e. The number of hydrogen-bond acceptors (Lipinski definition) is 4. The van der Waals surface area contributed by atoms with E-state index >= 15 is 0 Å². The maximum atomic E-state index is 13.8. The van der Waals surface area contributed by atoms with Crippen LogP contribution in [0.4, 0.5) is 4.39 Å². The molecule has 0 aliphatic carbocycles. The second kappa shape index (κ2) is 7.34. The Balaban J connectivity index is 1.89. The average molecular weight is 360 g/mol. The van der Waals surface area contributed by atoms with E-state index in [1.165, 1.54) is 28.0 Å². The molecule has 2 heterocycles. The van der Waals surface area contributed by atoms with Gasteiger partial charge in [-0.25, -0.2) is 9.18 Å². The molecule has 9 heteroatoms. The molecule has 0 bridgehead atoms. The minimum atomic E-state index is -0.778. The van der Waals surface area contributed by atoms with Crippen LogP contribution in [0.15, 0.2) is 40.1 Å². The second-order valence-electron chi connectivity index (χ2n) is 5.92. The predicted octanol–water partition coefficient (Wildman–Crippen LogP) is -0.362. The highest BCUT2D eigenvalue weighted by Gasteiger charge is 2.24. The van der Waals surface area contributed by atoms with Crippen LogP contribution in [0.25, 0.3) is 0 Å². The van der Waals surface area contributed by atoms with Crippen molar-refractivity contribution in [1.82, 2.24) is 19.4 Å². The highest BCUT2D eigenvalue weighted by atomic mass is 19.1. The van der Waals surface area contributed by atoms with Gasteiger partial charge >= 0.3 is 5.69 Å². The van der Waals surface area contributed by atoms with E-state index in [1.807, 2.05) is 0 Å². The molecule has 2 aromatic rings. The number of nitrogens with one attached hydrogen (secondary N) is 1. The lowest BCUT2D eigenvalue weighted by Crippen LogP contribution is -2.50. The highest BCUT2D eigenvalue weighted by Crippen LogP contribution is 2.07. The van der Waals surface area contributed by atoms with Crippen molar-refractivity contribution in [3.63, 3.8) is 0 Å². The van der Waals surface area contributed by atoms with Crippen molar-refractivity contribution in [2.24, 2.45) is 0 Å². The van der Waals surface area contributed by atoms with Crippen molar-refractivity contribution in [3.8, 4) is 0 Å². The predicted molar refractivity (Wildman–Crippen MR) is 90.4 cm³/mol. The van der Waals surface area contributed by atoms with Gasteiger partial charge in [-0.1, -0.05) is 18.2 Å². The molecule has 1 aliphatic rings. The molecule has 26 heavy (non-hydrogen) atoms. The van der Waals surface area contributed by atoms with Crippen LogP contribution in [-0.2, 0) is 11.3 Å². The number of hydrogen-bond donors (Lipinski definition) is 1. The lowest BCUT2D eigenvalue weighted by Gasteiger charge is -2.32. The first-order valence-electron chi connectivity index (χ1n) is 8.06. The van der Waals surface area contributed by atoms with E-state index in [9.17, 15) is 23.6 Å². The number of benzene rings is 1. The van der Waals surface area contributed by atoms with Crippen molar-refractivity contribution in [1.29, 1.82) is 0 Å². The smallest absolute Gasteiger partial charge is 0.328 e. The number of rotatable bonds is 4. The Labute approximate surface area is 147 Å². The zero-order chi connectivity index (χ0) is 18.7. The molecule has 1 aromatic carbocycles. The van der Waals surface area contributed by atoms with Crippen LogP contribution in [0.3, 0.4) is 0 Å². The molecule has 0 radical (unpaired) electrons. The van der Waals surface area contributed by atoms with Gasteiger partial charge in [0.15, 0.2) is 0 Å². The number of piperazine rings is 1. The molecule has 1 N–H and O–H groups in total. The number of H-pyrrole nitrogens is 1. The van der Waals surface area contributed by atoms with Gasteiger partial charge in [-0.15, -0.1) is 0 Å². The fourth-order valence-electron chi connectivity index (χ4n) is 2.81. The zero-order valence-corrected chi connectivity index (χ0v) is 13.9. The summed E-state index contributed by atoms with van der Waals surface area (Å²) in [6, 6.07) is 5.80. The Morgan fingerprint density at radius 2 is 1.85 bits per heavy atom. The van der Waals surface area contributed by atoms with E-state index < -0.39 is 23.0 Å². The number of carbonyl (C=O) groups is 2. The maximum absolute atomic E-state index is 13.8. The van der Waals surface area contributed by atoms with Crippen LogP contribution in [0.1, 0.15) is 15.9 Å². The molecule has 8 nitrogen and oxygen atoms in total. The molecular formula is C17H17FN4O4. The molecule has 136 valence electrons. The summed E-state index contributed by atoms with van der Waals surface area (Å²) in [5.41, 5.74) is -1.52. The second-order valence-corrected chi connectivity index (χ2v) is 5.92. The molecule has 0 saturated carbocycles. The Bertz CT molecular complexity index is 944. The van der Waals surface area contributed by atoms with Gasteiger partial charge in [-0.2, -0.15) is 0 Å². The fourth-order valence-corrected chi connectivity index (χ4v) is 2.81. The summed E-state index contributed by atoms with van der Waals surface area (Å²) in [6.07, 6.45) is 1.79. The quantitative estimate of drug-likeness (QED) is 0.753. The summed E-state index contributed by atoms with van der Waals surface area (Å²) in [5.74, 6) is -1.07. The molecule has 2 amide bonds. The van der Waals surface area contributed by atoms with E-state index in [0.717, 1.165) is 10.8 Å². The van der Waals surface area contributed by atoms with Crippen LogP contribution >= 0.6 is 0 Å². The standard InChI is InChI=1S/C17H17FN4O4/c18-14-4-2-1-3-12(14)10-22-16(25)13(9-19-17(22)26)15(24)21-7-5-20(11-23)6-8-21/h1-4,9,11H,5-8,10H2,(H,19,26). The summed E-state index contributed by atoms with van der Waals surface area (Å²) < 4.78 is 14.6. The molecule has 0 atom stereocenters. The summed E-state index contributed by atoms with van der Waals surface area (Å²) in [5, 5.41) is 0. The molecule has 0 spiro atoms. The number of carbonyl (C=O) groups excluding carboxylic acids is 2. The zero-order valence-electron chi connectivity index (χ0n) is 13.9. The number of nitrogens with zero attached hydrogens (tertiary/aromatic N) is 3. The number of amides is 2. The Hall–Kier alpha value is -3.23. The summed E-state index contributed by atoms with van der Waals surface area (Å²) in [6.45, 7) is 1.07. The van der Waals surface area contributed by atoms with Crippen molar-refractivity contribution in [2.75, 3.05) is 26.2 Å². The average Bonchev–Trinajstić information content (AvgIpc) is 2.66. The van der Waals surface area contributed by atoms with E-state index in [4.69, 9.17) is 0 Å². The summed E-state index contributed by atoms with van der Waals surface area (Å²) >= 11 is 0. The fraction of sp³-hybridized carbons (Fsp3) is 0.294. The van der Waals surface area contributed by atoms with E-state index in [1.54, 1.807) is 6.07 Å². The molecule has 3 rings (SSSR count). The molecule has 1 saturated heterocycles. The molecule has 1 fully saturated rings. The Morgan fingerprint density at radius 1 is 1.15 bits per heavy atom. The summed E-state index contributed by atoms with van der Waals surface area (Å²) in [4.78, 5) is 53.3. The molecular weight excluding hydrogens is 343 g/mol. The lowest BCUT2D eigenvalue weighted by atomic mass is 10.2. The van der Waals surface area contributed by atoms with Gasteiger partial charge in [0, 0.05) is 37.9 Å². The normalized spacial score (nSPS) is 14.3. The first kappa shape index (κ1) is 17.6. The van der Waals surface area contributed by atoms with E-state index in [0.29, 0.717) is 32.6 Å². The van der Waals surface area contributed by atoms with Gasteiger partial charge < -0.3 is 14.8 Å². The monoisotopic (exact) mass is 360 g/mol. The number of aromatic nitrogens is 2. The van der Waals surface area contributed by atoms with E-state index in [-0.39, 0.29) is 17.7 Å². The van der Waals surface area contributed by atoms with Crippen molar-refractivity contribution in [3.05, 3.63) is 68.2 Å². The minimum absolute atomic E-state index is 0.171. The van der Waals surface area contributed by atoms with Gasteiger partial charge in [0.2, 0.25) is 6.41 Å². The van der Waals surface area contributed by atoms with E-state index in [2.05, 4.69) is 4.98 Å². The topological polar surface area (TPSA) is 95.5 Å². The van der Waals surface area contributed by atoms with Crippen LogP contribution in [0.5, 0.6) is 0 Å².